The lowest BCUT2D eigenvalue weighted by Gasteiger charge is -2.57. The van der Waals surface area contributed by atoms with Crippen molar-refractivity contribution in [1.29, 1.82) is 0 Å². The van der Waals surface area contributed by atoms with Gasteiger partial charge in [-0.15, -0.1) is 0 Å². The van der Waals surface area contributed by atoms with E-state index in [0.29, 0.717) is 17.4 Å². The molecule has 3 aliphatic heterocycles. The molecule has 1 spiro atoms. The lowest BCUT2D eigenvalue weighted by molar-refractivity contribution is -0.161. The number of rotatable bonds is 0. The molecule has 4 rings (SSSR count). The number of halogens is 1. The van der Waals surface area contributed by atoms with Crippen LogP contribution in [-0.4, -0.2) is 54.3 Å². The third-order valence-corrected chi connectivity index (χ3v) is 6.67. The molecule has 6 nitrogen and oxygen atoms in total. The van der Waals surface area contributed by atoms with Crippen molar-refractivity contribution in [2.45, 2.75) is 32.7 Å². The summed E-state index contributed by atoms with van der Waals surface area (Å²) >= 11 is 6.26. The second-order valence-corrected chi connectivity index (χ2v) is 8.78. The zero-order valence-corrected chi connectivity index (χ0v) is 16.8. The molecule has 3 heterocycles. The Labute approximate surface area is 164 Å². The number of carbonyl (C=O) groups is 3. The Morgan fingerprint density at radius 2 is 1.70 bits per heavy atom. The monoisotopic (exact) mass is 389 g/mol. The number of barbiturate groups is 1. The Morgan fingerprint density at radius 1 is 1.07 bits per heavy atom. The van der Waals surface area contributed by atoms with Gasteiger partial charge >= 0.3 is 6.03 Å². The van der Waals surface area contributed by atoms with Crippen LogP contribution >= 0.6 is 11.6 Å². The average molecular weight is 390 g/mol. The summed E-state index contributed by atoms with van der Waals surface area (Å²) in [6, 6.07) is 4.76. The number of imide groups is 2. The molecule has 0 bridgehead atoms. The average Bonchev–Trinajstić information content (AvgIpc) is 2.63. The van der Waals surface area contributed by atoms with Gasteiger partial charge in [-0.1, -0.05) is 31.5 Å². The molecule has 27 heavy (non-hydrogen) atoms. The summed E-state index contributed by atoms with van der Waals surface area (Å²) in [6.45, 7) is 5.04. The molecule has 144 valence electrons. The number of fused-ring (bicyclic) bond motifs is 4. The molecule has 0 aliphatic carbocycles. The minimum absolute atomic E-state index is 0.129. The van der Waals surface area contributed by atoms with Crippen LogP contribution in [0.2, 0.25) is 5.02 Å². The normalized spacial score (nSPS) is 29.9. The minimum atomic E-state index is -1.28. The topological polar surface area (TPSA) is 60.9 Å². The van der Waals surface area contributed by atoms with Gasteiger partial charge in [-0.25, -0.2) is 4.79 Å². The first-order valence-electron chi connectivity index (χ1n) is 9.33. The van der Waals surface area contributed by atoms with Crippen LogP contribution in [0, 0.1) is 17.3 Å². The summed E-state index contributed by atoms with van der Waals surface area (Å²) in [7, 11) is 2.93. The van der Waals surface area contributed by atoms with E-state index in [0.717, 1.165) is 34.0 Å². The van der Waals surface area contributed by atoms with E-state index in [1.54, 1.807) is 6.07 Å². The Kier molecular flexibility index (Phi) is 4.04. The predicted molar refractivity (Wildman–Crippen MR) is 103 cm³/mol. The third-order valence-electron chi connectivity index (χ3n) is 6.43. The number of anilines is 1. The highest BCUT2D eigenvalue weighted by Crippen LogP contribution is 2.51. The number of urea groups is 1. The summed E-state index contributed by atoms with van der Waals surface area (Å²) in [4.78, 5) is 43.6. The van der Waals surface area contributed by atoms with E-state index in [4.69, 9.17) is 11.6 Å². The van der Waals surface area contributed by atoms with E-state index in [9.17, 15) is 14.4 Å². The van der Waals surface area contributed by atoms with Crippen molar-refractivity contribution in [1.82, 2.24) is 9.80 Å². The Balaban J connectivity index is 1.95. The van der Waals surface area contributed by atoms with Crippen LogP contribution in [-0.2, 0) is 16.0 Å². The summed E-state index contributed by atoms with van der Waals surface area (Å²) in [5, 5.41) is 0.639. The maximum Gasteiger partial charge on any atom is 0.332 e. The van der Waals surface area contributed by atoms with E-state index in [1.807, 2.05) is 12.1 Å². The van der Waals surface area contributed by atoms with Crippen LogP contribution in [0.3, 0.4) is 0 Å². The van der Waals surface area contributed by atoms with Gasteiger partial charge < -0.3 is 4.90 Å². The van der Waals surface area contributed by atoms with Gasteiger partial charge in [-0.2, -0.15) is 0 Å². The molecule has 2 fully saturated rings. The Hall–Kier alpha value is -2.08. The number of hydrogen-bond acceptors (Lipinski definition) is 4. The lowest BCUT2D eigenvalue weighted by Crippen LogP contribution is -2.73. The molecule has 0 unspecified atom stereocenters. The van der Waals surface area contributed by atoms with Crippen molar-refractivity contribution in [2.24, 2.45) is 17.3 Å². The van der Waals surface area contributed by atoms with Gasteiger partial charge in [0.2, 0.25) is 11.8 Å². The first kappa shape index (κ1) is 18.3. The van der Waals surface area contributed by atoms with Crippen LogP contribution in [0.15, 0.2) is 18.2 Å². The molecule has 0 N–H and O–H groups in total. The van der Waals surface area contributed by atoms with Crippen molar-refractivity contribution in [3.63, 3.8) is 0 Å². The van der Waals surface area contributed by atoms with E-state index >= 15 is 0 Å². The zero-order valence-electron chi connectivity index (χ0n) is 16.0. The zero-order chi connectivity index (χ0) is 19.7. The second-order valence-electron chi connectivity index (χ2n) is 8.35. The van der Waals surface area contributed by atoms with Crippen LogP contribution in [0.4, 0.5) is 10.5 Å². The standard InChI is InChI=1S/C20H24ClN3O3/c1-11-7-12(2)16-20(17(25)22(3)19(27)23(4)18(20)26)9-13-5-6-14(21)8-15(13)24(16)10-11/h5-6,8,11-12,16H,7,9-10H2,1-4H3/t11-,12-,16-/m1/s1. The number of piperidine rings is 1. The number of hydrogen-bond donors (Lipinski definition) is 0. The summed E-state index contributed by atoms with van der Waals surface area (Å²) in [5.41, 5.74) is 0.645. The highest BCUT2D eigenvalue weighted by Gasteiger charge is 2.64. The molecule has 2 saturated heterocycles. The maximum atomic E-state index is 13.4. The minimum Gasteiger partial charge on any atom is -0.366 e. The summed E-state index contributed by atoms with van der Waals surface area (Å²) in [6.07, 6.45) is 1.22. The van der Waals surface area contributed by atoms with Gasteiger partial charge in [-0.05, 0) is 42.4 Å². The Morgan fingerprint density at radius 3 is 2.33 bits per heavy atom. The van der Waals surface area contributed by atoms with Crippen LogP contribution in [0.25, 0.3) is 0 Å². The van der Waals surface area contributed by atoms with Gasteiger partial charge in [0.25, 0.3) is 0 Å². The quantitative estimate of drug-likeness (QED) is 0.640. The molecule has 4 amide bonds. The molecule has 3 atom stereocenters. The van der Waals surface area contributed by atoms with Crippen LogP contribution < -0.4 is 4.90 Å². The number of carbonyl (C=O) groups excluding carboxylic acids is 3. The molecule has 1 aromatic rings. The summed E-state index contributed by atoms with van der Waals surface area (Å²) < 4.78 is 0. The molecule has 1 aromatic carbocycles. The van der Waals surface area contributed by atoms with Crippen molar-refractivity contribution >= 4 is 35.1 Å². The van der Waals surface area contributed by atoms with Crippen LogP contribution in [0.1, 0.15) is 25.8 Å². The molecular formula is C20H24ClN3O3. The SMILES string of the molecule is C[C@@H]1C[C@@H](C)[C@H]2N(C1)c1cc(Cl)ccc1CC21C(=O)N(C)C(=O)N(C)C1=O. The number of benzene rings is 1. The van der Waals surface area contributed by atoms with Crippen molar-refractivity contribution in [2.75, 3.05) is 25.5 Å². The number of amides is 4. The van der Waals surface area contributed by atoms with Gasteiger partial charge in [0.1, 0.15) is 0 Å². The highest BCUT2D eigenvalue weighted by molar-refractivity contribution is 6.31. The van der Waals surface area contributed by atoms with E-state index < -0.39 is 23.3 Å². The van der Waals surface area contributed by atoms with Crippen molar-refractivity contribution < 1.29 is 14.4 Å². The first-order valence-corrected chi connectivity index (χ1v) is 9.71. The fourth-order valence-corrected chi connectivity index (χ4v) is 5.61. The molecule has 0 aromatic heterocycles. The molecule has 0 radical (unpaired) electrons. The van der Waals surface area contributed by atoms with E-state index in [-0.39, 0.29) is 12.0 Å². The Bertz CT molecular complexity index is 831. The van der Waals surface area contributed by atoms with Crippen molar-refractivity contribution in [3.8, 4) is 0 Å². The lowest BCUT2D eigenvalue weighted by atomic mass is 9.62. The maximum absolute atomic E-state index is 13.4. The summed E-state index contributed by atoms with van der Waals surface area (Å²) in [5.74, 6) is -0.229. The molecule has 0 saturated carbocycles. The van der Waals surface area contributed by atoms with Gasteiger partial charge in [-0.3, -0.25) is 19.4 Å². The van der Waals surface area contributed by atoms with Gasteiger partial charge in [0.15, 0.2) is 5.41 Å². The third kappa shape index (κ3) is 2.35. The first-order chi connectivity index (χ1) is 12.7. The highest BCUT2D eigenvalue weighted by atomic mass is 35.5. The smallest absolute Gasteiger partial charge is 0.332 e. The molecular weight excluding hydrogens is 366 g/mol. The van der Waals surface area contributed by atoms with Crippen molar-refractivity contribution in [3.05, 3.63) is 28.8 Å². The number of nitrogens with zero attached hydrogens (tertiary/aromatic N) is 3. The second kappa shape index (κ2) is 5.96. The largest absolute Gasteiger partial charge is 0.366 e. The molecule has 3 aliphatic rings. The fraction of sp³-hybridized carbons (Fsp3) is 0.550. The predicted octanol–water partition coefficient (Wildman–Crippen LogP) is 2.78. The van der Waals surface area contributed by atoms with E-state index in [2.05, 4.69) is 18.7 Å². The molecule has 7 heteroatoms. The van der Waals surface area contributed by atoms with E-state index in [1.165, 1.54) is 14.1 Å². The van der Waals surface area contributed by atoms with Gasteiger partial charge in [0.05, 0.1) is 6.04 Å². The van der Waals surface area contributed by atoms with Crippen LogP contribution in [0.5, 0.6) is 0 Å². The van der Waals surface area contributed by atoms with Gasteiger partial charge in [0, 0.05) is 31.4 Å². The fourth-order valence-electron chi connectivity index (χ4n) is 5.45.